The van der Waals surface area contributed by atoms with Crippen molar-refractivity contribution in [1.29, 1.82) is 5.26 Å². The van der Waals surface area contributed by atoms with Crippen LogP contribution in [0.25, 0.3) is 0 Å². The first-order valence-corrected chi connectivity index (χ1v) is 4.89. The van der Waals surface area contributed by atoms with E-state index in [1.807, 2.05) is 36.4 Å². The van der Waals surface area contributed by atoms with Crippen LogP contribution >= 0.6 is 11.8 Å². The maximum absolute atomic E-state index is 10.6. The Labute approximate surface area is 86.7 Å². The molecule has 1 aromatic carbocycles. The Morgan fingerprint density at radius 3 is 2.64 bits per heavy atom. The van der Waals surface area contributed by atoms with Crippen molar-refractivity contribution in [2.75, 3.05) is 0 Å². The van der Waals surface area contributed by atoms with Crippen LogP contribution in [0.5, 0.6) is 0 Å². The molecule has 4 heteroatoms. The fourth-order valence-electron chi connectivity index (χ4n) is 0.850. The molecule has 72 valence electrons. The molecular formula is C10H9NO2S. The third-order valence-electron chi connectivity index (χ3n) is 1.36. The first kappa shape index (κ1) is 10.6. The smallest absolute Gasteiger partial charge is 0.304 e. The number of rotatable bonds is 3. The van der Waals surface area contributed by atoms with Gasteiger partial charge in [0, 0.05) is 11.8 Å². The Hall–Kier alpha value is -1.47. The van der Waals surface area contributed by atoms with Gasteiger partial charge in [-0.25, -0.2) is 0 Å². The van der Waals surface area contributed by atoms with Crippen molar-refractivity contribution < 1.29 is 9.53 Å². The molecule has 0 aliphatic carbocycles. The van der Waals surface area contributed by atoms with Gasteiger partial charge in [-0.3, -0.25) is 4.79 Å². The SMILES string of the molecule is CC(=O)O[C@@H](C#N)Sc1ccccc1. The highest BCUT2D eigenvalue weighted by Crippen LogP contribution is 2.23. The predicted octanol–water partition coefficient (Wildman–Crippen LogP) is 2.19. The molecule has 0 unspecified atom stereocenters. The molecule has 0 aromatic heterocycles. The Morgan fingerprint density at radius 2 is 2.14 bits per heavy atom. The van der Waals surface area contributed by atoms with E-state index in [1.165, 1.54) is 18.7 Å². The van der Waals surface area contributed by atoms with Gasteiger partial charge in [0.2, 0.25) is 5.44 Å². The Bertz CT molecular complexity index is 345. The lowest BCUT2D eigenvalue weighted by Gasteiger charge is -2.07. The number of carbonyl (C=O) groups excluding carboxylic acids is 1. The molecule has 0 amide bonds. The molecule has 0 bridgehead atoms. The molecule has 0 saturated carbocycles. The summed E-state index contributed by atoms with van der Waals surface area (Å²) in [6.45, 7) is 1.29. The molecule has 0 aliphatic rings. The second-order valence-electron chi connectivity index (χ2n) is 2.50. The van der Waals surface area contributed by atoms with Crippen LogP contribution in [0.2, 0.25) is 0 Å². The van der Waals surface area contributed by atoms with E-state index in [-0.39, 0.29) is 0 Å². The van der Waals surface area contributed by atoms with Crippen LogP contribution in [0.1, 0.15) is 6.92 Å². The highest BCUT2D eigenvalue weighted by molar-refractivity contribution is 8.00. The van der Waals surface area contributed by atoms with E-state index in [2.05, 4.69) is 0 Å². The van der Waals surface area contributed by atoms with Gasteiger partial charge in [0.1, 0.15) is 6.07 Å². The van der Waals surface area contributed by atoms with Gasteiger partial charge in [-0.05, 0) is 12.1 Å². The molecule has 0 N–H and O–H groups in total. The quantitative estimate of drug-likeness (QED) is 0.433. The van der Waals surface area contributed by atoms with E-state index in [4.69, 9.17) is 10.00 Å². The minimum Gasteiger partial charge on any atom is -0.436 e. The summed E-state index contributed by atoms with van der Waals surface area (Å²) >= 11 is 1.21. The van der Waals surface area contributed by atoms with Gasteiger partial charge >= 0.3 is 5.97 Å². The van der Waals surface area contributed by atoms with Crippen molar-refractivity contribution >= 4 is 17.7 Å². The molecule has 0 heterocycles. The number of thioether (sulfide) groups is 1. The topological polar surface area (TPSA) is 50.1 Å². The molecule has 0 radical (unpaired) electrons. The van der Waals surface area contributed by atoms with Crippen molar-refractivity contribution in [3.63, 3.8) is 0 Å². The fourth-order valence-corrected chi connectivity index (χ4v) is 1.65. The van der Waals surface area contributed by atoms with Crippen molar-refractivity contribution in [3.05, 3.63) is 30.3 Å². The number of esters is 1. The first-order chi connectivity index (χ1) is 6.72. The molecule has 14 heavy (non-hydrogen) atoms. The first-order valence-electron chi connectivity index (χ1n) is 4.01. The summed E-state index contributed by atoms with van der Waals surface area (Å²) in [5.41, 5.74) is -0.769. The van der Waals surface area contributed by atoms with Gasteiger partial charge in [-0.1, -0.05) is 30.0 Å². The van der Waals surface area contributed by atoms with Crippen LogP contribution in [-0.4, -0.2) is 11.4 Å². The van der Waals surface area contributed by atoms with Crippen molar-refractivity contribution in [3.8, 4) is 6.07 Å². The van der Waals surface area contributed by atoms with Gasteiger partial charge in [0.25, 0.3) is 0 Å². The monoisotopic (exact) mass is 207 g/mol. The minimum atomic E-state index is -0.769. The highest BCUT2D eigenvalue weighted by atomic mass is 32.2. The zero-order valence-corrected chi connectivity index (χ0v) is 8.45. The Balaban J connectivity index is 2.58. The summed E-state index contributed by atoms with van der Waals surface area (Å²) in [5.74, 6) is -0.444. The summed E-state index contributed by atoms with van der Waals surface area (Å²) in [6.07, 6.45) is 0. The number of benzene rings is 1. The molecule has 1 rings (SSSR count). The van der Waals surface area contributed by atoms with Gasteiger partial charge in [-0.15, -0.1) is 0 Å². The lowest BCUT2D eigenvalue weighted by atomic mass is 10.4. The third kappa shape index (κ3) is 3.50. The average Bonchev–Trinajstić information content (AvgIpc) is 2.17. The third-order valence-corrected chi connectivity index (χ3v) is 2.32. The van der Waals surface area contributed by atoms with E-state index in [0.29, 0.717) is 0 Å². The van der Waals surface area contributed by atoms with Crippen molar-refractivity contribution in [1.82, 2.24) is 0 Å². The van der Waals surface area contributed by atoms with E-state index in [9.17, 15) is 4.79 Å². The molecule has 1 atom stereocenters. The van der Waals surface area contributed by atoms with Crippen LogP contribution in [0.3, 0.4) is 0 Å². The Morgan fingerprint density at radius 1 is 1.50 bits per heavy atom. The normalized spacial score (nSPS) is 11.4. The minimum absolute atomic E-state index is 0.444. The molecule has 0 fully saturated rings. The van der Waals surface area contributed by atoms with Gasteiger partial charge in [-0.2, -0.15) is 5.26 Å². The van der Waals surface area contributed by atoms with E-state index in [0.717, 1.165) is 4.90 Å². The number of nitriles is 1. The summed E-state index contributed by atoms with van der Waals surface area (Å²) < 4.78 is 4.77. The molecule has 0 aliphatic heterocycles. The largest absolute Gasteiger partial charge is 0.436 e. The molecule has 1 aromatic rings. The van der Waals surface area contributed by atoms with Crippen molar-refractivity contribution in [2.24, 2.45) is 0 Å². The maximum atomic E-state index is 10.6. The van der Waals surface area contributed by atoms with Crippen LogP contribution in [-0.2, 0) is 9.53 Å². The predicted molar refractivity (Wildman–Crippen MR) is 53.5 cm³/mol. The molecule has 0 saturated heterocycles. The lowest BCUT2D eigenvalue weighted by Crippen LogP contribution is -2.09. The molecular weight excluding hydrogens is 198 g/mol. The number of ether oxygens (including phenoxy) is 1. The van der Waals surface area contributed by atoms with Crippen LogP contribution < -0.4 is 0 Å². The average molecular weight is 207 g/mol. The maximum Gasteiger partial charge on any atom is 0.304 e. The number of hydrogen-bond donors (Lipinski definition) is 0. The summed E-state index contributed by atoms with van der Waals surface area (Å²) in [6, 6.07) is 11.2. The van der Waals surface area contributed by atoms with Crippen LogP contribution in [0, 0.1) is 11.3 Å². The van der Waals surface area contributed by atoms with E-state index in [1.54, 1.807) is 0 Å². The fraction of sp³-hybridized carbons (Fsp3) is 0.200. The summed E-state index contributed by atoms with van der Waals surface area (Å²) in [4.78, 5) is 11.5. The van der Waals surface area contributed by atoms with Crippen LogP contribution in [0.4, 0.5) is 0 Å². The lowest BCUT2D eigenvalue weighted by molar-refractivity contribution is -0.140. The van der Waals surface area contributed by atoms with Gasteiger partial charge in [0.15, 0.2) is 0 Å². The standard InChI is InChI=1S/C10H9NO2S/c1-8(12)13-10(7-11)14-9-5-3-2-4-6-9/h2-6,10H,1H3/t10-/m1/s1. The van der Waals surface area contributed by atoms with Crippen molar-refractivity contribution in [2.45, 2.75) is 17.3 Å². The number of hydrogen-bond acceptors (Lipinski definition) is 4. The van der Waals surface area contributed by atoms with E-state index < -0.39 is 11.4 Å². The number of nitrogens with zero attached hydrogens (tertiary/aromatic N) is 1. The molecule has 0 spiro atoms. The summed E-state index contributed by atoms with van der Waals surface area (Å²) in [7, 11) is 0. The van der Waals surface area contributed by atoms with Crippen LogP contribution in [0.15, 0.2) is 35.2 Å². The molecule has 3 nitrogen and oxygen atoms in total. The van der Waals surface area contributed by atoms with E-state index >= 15 is 0 Å². The Kier molecular flexibility index (Phi) is 4.02. The highest BCUT2D eigenvalue weighted by Gasteiger charge is 2.11. The zero-order chi connectivity index (χ0) is 10.4. The summed E-state index contributed by atoms with van der Waals surface area (Å²) in [5, 5.41) is 8.69. The zero-order valence-electron chi connectivity index (χ0n) is 7.64. The van der Waals surface area contributed by atoms with Gasteiger partial charge < -0.3 is 4.74 Å². The number of carbonyl (C=O) groups is 1. The van der Waals surface area contributed by atoms with Gasteiger partial charge in [0.05, 0.1) is 0 Å². The second kappa shape index (κ2) is 5.30. The second-order valence-corrected chi connectivity index (χ2v) is 3.64.